The molecule has 3 rings (SSSR count). The second kappa shape index (κ2) is 7.03. The van der Waals surface area contributed by atoms with E-state index in [1.807, 2.05) is 6.07 Å². The number of rotatable bonds is 5. The molecule has 0 unspecified atom stereocenters. The predicted molar refractivity (Wildman–Crippen MR) is 95.0 cm³/mol. The summed E-state index contributed by atoms with van der Waals surface area (Å²) < 4.78 is 2.35. The highest BCUT2D eigenvalue weighted by Crippen LogP contribution is 2.28. The molecule has 1 fully saturated rings. The second-order valence-corrected chi connectivity index (χ2v) is 6.95. The van der Waals surface area contributed by atoms with Gasteiger partial charge in [-0.1, -0.05) is 17.7 Å². The first-order chi connectivity index (χ1) is 10.6. The van der Waals surface area contributed by atoms with Crippen LogP contribution in [0.25, 0.3) is 10.9 Å². The number of fused-ring (bicyclic) bond motifs is 1. The molecule has 22 heavy (non-hydrogen) atoms. The highest BCUT2D eigenvalue weighted by Gasteiger charge is 2.13. The monoisotopic (exact) mass is 319 g/mol. The number of benzene rings is 1. The summed E-state index contributed by atoms with van der Waals surface area (Å²) in [7, 11) is 0. The van der Waals surface area contributed by atoms with Crippen LogP contribution in [0.15, 0.2) is 24.4 Å². The molecule has 0 atom stereocenters. The maximum atomic E-state index is 6.18. The second-order valence-electron chi connectivity index (χ2n) is 6.51. The first-order valence-electron chi connectivity index (χ1n) is 8.37. The maximum absolute atomic E-state index is 6.18. The molecule has 0 aliphatic carbocycles. The van der Waals surface area contributed by atoms with Gasteiger partial charge >= 0.3 is 0 Å². The van der Waals surface area contributed by atoms with Crippen LogP contribution in [0.4, 0.5) is 0 Å². The van der Waals surface area contributed by atoms with E-state index in [2.05, 4.69) is 47.0 Å². The van der Waals surface area contributed by atoms with Crippen molar-refractivity contribution in [2.75, 3.05) is 32.7 Å². The van der Waals surface area contributed by atoms with E-state index in [1.165, 1.54) is 42.5 Å². The van der Waals surface area contributed by atoms with Gasteiger partial charge in [0.25, 0.3) is 0 Å². The summed E-state index contributed by atoms with van der Waals surface area (Å²) in [5.74, 6) is 0. The van der Waals surface area contributed by atoms with Gasteiger partial charge in [-0.3, -0.25) is 0 Å². The highest BCUT2D eigenvalue weighted by atomic mass is 35.5. The average Bonchev–Trinajstić information content (AvgIpc) is 2.86. The van der Waals surface area contributed by atoms with Crippen molar-refractivity contribution in [3.8, 4) is 0 Å². The molecule has 0 saturated carbocycles. The summed E-state index contributed by atoms with van der Waals surface area (Å²) in [6, 6.07) is 6.74. The minimum absolute atomic E-state index is 0.461. The number of hydrogen-bond donors (Lipinski definition) is 1. The van der Waals surface area contributed by atoms with Crippen LogP contribution in [-0.4, -0.2) is 42.2 Å². The molecule has 1 N–H and O–H groups in total. The summed E-state index contributed by atoms with van der Waals surface area (Å²) in [5, 5.41) is 5.59. The third kappa shape index (κ3) is 3.48. The Morgan fingerprint density at radius 2 is 2.00 bits per heavy atom. The number of nitrogens with one attached hydrogen (secondary N) is 1. The fourth-order valence-electron chi connectivity index (χ4n) is 3.35. The zero-order chi connectivity index (χ0) is 15.5. The van der Waals surface area contributed by atoms with Gasteiger partial charge in [0.1, 0.15) is 0 Å². The zero-order valence-corrected chi connectivity index (χ0v) is 14.4. The van der Waals surface area contributed by atoms with Crippen LogP contribution in [0.3, 0.4) is 0 Å². The molecule has 1 saturated heterocycles. The smallest absolute Gasteiger partial charge is 0.0500 e. The van der Waals surface area contributed by atoms with Crippen LogP contribution in [0.1, 0.15) is 31.9 Å². The number of halogens is 1. The number of aryl methyl sites for hydroxylation is 1. The topological polar surface area (TPSA) is 20.2 Å². The average molecular weight is 320 g/mol. The first-order valence-corrected chi connectivity index (χ1v) is 8.75. The van der Waals surface area contributed by atoms with Gasteiger partial charge in [-0.2, -0.15) is 0 Å². The quantitative estimate of drug-likeness (QED) is 0.906. The van der Waals surface area contributed by atoms with Crippen molar-refractivity contribution in [3.63, 3.8) is 0 Å². The normalized spacial score (nSPS) is 16.7. The molecule has 0 radical (unpaired) electrons. The van der Waals surface area contributed by atoms with Crippen molar-refractivity contribution in [1.29, 1.82) is 0 Å². The van der Waals surface area contributed by atoms with Gasteiger partial charge in [0.2, 0.25) is 0 Å². The van der Waals surface area contributed by atoms with E-state index >= 15 is 0 Å². The van der Waals surface area contributed by atoms with Crippen molar-refractivity contribution in [1.82, 2.24) is 14.8 Å². The van der Waals surface area contributed by atoms with E-state index in [0.29, 0.717) is 6.04 Å². The molecule has 1 aromatic carbocycles. The van der Waals surface area contributed by atoms with Crippen LogP contribution >= 0.6 is 11.6 Å². The van der Waals surface area contributed by atoms with Gasteiger partial charge < -0.3 is 14.8 Å². The molecule has 0 bridgehead atoms. The lowest BCUT2D eigenvalue weighted by Crippen LogP contribution is -2.43. The zero-order valence-electron chi connectivity index (χ0n) is 13.6. The predicted octanol–water partition coefficient (Wildman–Crippen LogP) is 3.71. The van der Waals surface area contributed by atoms with Gasteiger partial charge in [0.05, 0.1) is 5.52 Å². The molecule has 2 heterocycles. The Balaban J connectivity index is 1.72. The van der Waals surface area contributed by atoms with Crippen LogP contribution in [0, 0.1) is 0 Å². The van der Waals surface area contributed by atoms with E-state index in [-0.39, 0.29) is 0 Å². The number of piperazine rings is 1. The van der Waals surface area contributed by atoms with Gasteiger partial charge in [-0.15, -0.1) is 0 Å². The molecule has 1 aliphatic heterocycles. The third-order valence-corrected chi connectivity index (χ3v) is 4.80. The third-order valence-electron chi connectivity index (χ3n) is 4.57. The Kier molecular flexibility index (Phi) is 5.07. The number of aromatic nitrogens is 1. The van der Waals surface area contributed by atoms with E-state index in [4.69, 9.17) is 11.6 Å². The largest absolute Gasteiger partial charge is 0.345 e. The lowest BCUT2D eigenvalue weighted by Gasteiger charge is -2.26. The Labute approximate surface area is 138 Å². The Morgan fingerprint density at radius 1 is 1.23 bits per heavy atom. The molecule has 2 aromatic rings. The SMILES string of the molecule is CC(C)n1cc(CCCN2CCNCC2)c2ccc(Cl)cc21. The minimum Gasteiger partial charge on any atom is -0.345 e. The lowest BCUT2D eigenvalue weighted by molar-refractivity contribution is 0.238. The summed E-state index contributed by atoms with van der Waals surface area (Å²) in [5.41, 5.74) is 2.72. The van der Waals surface area contributed by atoms with Crippen LogP contribution in [0.2, 0.25) is 5.02 Å². The standard InChI is InChI=1S/C18H26ClN3/c1-14(2)22-13-15(17-6-5-16(19)12-18(17)22)4-3-9-21-10-7-20-8-11-21/h5-6,12-14,20H,3-4,7-11H2,1-2H3. The van der Waals surface area contributed by atoms with Crippen LogP contribution in [-0.2, 0) is 6.42 Å². The number of nitrogens with zero attached hydrogens (tertiary/aromatic N) is 2. The molecular weight excluding hydrogens is 294 g/mol. The molecule has 3 nitrogen and oxygen atoms in total. The Bertz CT molecular complexity index is 627. The van der Waals surface area contributed by atoms with Crippen molar-refractivity contribution in [3.05, 3.63) is 35.0 Å². The molecule has 120 valence electrons. The maximum Gasteiger partial charge on any atom is 0.0500 e. The van der Waals surface area contributed by atoms with Gasteiger partial charge in [0, 0.05) is 48.8 Å². The van der Waals surface area contributed by atoms with Crippen molar-refractivity contribution < 1.29 is 0 Å². The van der Waals surface area contributed by atoms with Gasteiger partial charge in [-0.25, -0.2) is 0 Å². The molecule has 0 amide bonds. The summed E-state index contributed by atoms with van der Waals surface area (Å²) >= 11 is 6.18. The highest BCUT2D eigenvalue weighted by molar-refractivity contribution is 6.31. The minimum atomic E-state index is 0.461. The molecule has 4 heteroatoms. The Morgan fingerprint density at radius 3 is 2.73 bits per heavy atom. The van der Waals surface area contributed by atoms with E-state index in [9.17, 15) is 0 Å². The van der Waals surface area contributed by atoms with E-state index < -0.39 is 0 Å². The molecule has 1 aromatic heterocycles. The first kappa shape index (κ1) is 15.9. The van der Waals surface area contributed by atoms with Crippen molar-refractivity contribution in [2.24, 2.45) is 0 Å². The molecule has 1 aliphatic rings. The van der Waals surface area contributed by atoms with E-state index in [0.717, 1.165) is 24.5 Å². The van der Waals surface area contributed by atoms with Gasteiger partial charge in [-0.05, 0) is 50.9 Å². The molecular formula is C18H26ClN3. The van der Waals surface area contributed by atoms with Crippen LogP contribution < -0.4 is 5.32 Å². The molecule has 0 spiro atoms. The van der Waals surface area contributed by atoms with Gasteiger partial charge in [0.15, 0.2) is 0 Å². The lowest BCUT2D eigenvalue weighted by atomic mass is 10.1. The summed E-state index contributed by atoms with van der Waals surface area (Å²) in [4.78, 5) is 2.56. The van der Waals surface area contributed by atoms with E-state index in [1.54, 1.807) is 0 Å². The summed E-state index contributed by atoms with van der Waals surface area (Å²) in [6.45, 7) is 10.3. The fourth-order valence-corrected chi connectivity index (χ4v) is 3.52. The van der Waals surface area contributed by atoms with Crippen LogP contribution in [0.5, 0.6) is 0 Å². The van der Waals surface area contributed by atoms with Crippen molar-refractivity contribution >= 4 is 22.5 Å². The fraction of sp³-hybridized carbons (Fsp3) is 0.556. The Hall–Kier alpha value is -1.03. The number of hydrogen-bond acceptors (Lipinski definition) is 2. The summed E-state index contributed by atoms with van der Waals surface area (Å²) in [6.07, 6.45) is 4.69. The van der Waals surface area contributed by atoms with Crippen molar-refractivity contribution in [2.45, 2.75) is 32.7 Å².